The molecule has 0 spiro atoms. The summed E-state index contributed by atoms with van der Waals surface area (Å²) >= 11 is 0. The lowest BCUT2D eigenvalue weighted by Gasteiger charge is -2.44. The summed E-state index contributed by atoms with van der Waals surface area (Å²) in [5.41, 5.74) is 0. The fourth-order valence-corrected chi connectivity index (χ4v) is 4.75. The maximum Gasteiger partial charge on any atom is 0.0124 e. The highest BCUT2D eigenvalue weighted by atomic mass is 15.2. The van der Waals surface area contributed by atoms with Gasteiger partial charge in [-0.2, -0.15) is 0 Å². The maximum atomic E-state index is 3.73. The van der Waals surface area contributed by atoms with Crippen LogP contribution in [-0.4, -0.2) is 37.1 Å². The normalized spacial score (nSPS) is 33.5. The lowest BCUT2D eigenvalue weighted by Crippen LogP contribution is -2.49. The fourth-order valence-electron chi connectivity index (χ4n) is 4.75. The Bertz CT molecular complexity index is 258. The van der Waals surface area contributed by atoms with Gasteiger partial charge in [-0.1, -0.05) is 25.7 Å². The van der Waals surface area contributed by atoms with Gasteiger partial charge < -0.3 is 5.32 Å². The van der Waals surface area contributed by atoms with E-state index in [4.69, 9.17) is 0 Å². The van der Waals surface area contributed by atoms with Crippen molar-refractivity contribution in [1.82, 2.24) is 10.2 Å². The maximum absolute atomic E-state index is 3.73. The molecule has 2 saturated carbocycles. The largest absolute Gasteiger partial charge is 0.315 e. The van der Waals surface area contributed by atoms with Crippen molar-refractivity contribution in [3.63, 3.8) is 0 Å². The second kappa shape index (κ2) is 7.08. The van der Waals surface area contributed by atoms with Crippen LogP contribution in [0, 0.1) is 11.8 Å². The average molecular weight is 264 g/mol. The molecule has 2 aliphatic carbocycles. The standard InChI is InChI=1S/C17H32N2/c1-2-7-15(6-1)14-18-11-13-19-12-5-9-16-8-3-4-10-17(16)19/h15-18H,1-14H2. The Kier molecular flexibility index (Phi) is 5.17. The summed E-state index contributed by atoms with van der Waals surface area (Å²) in [5, 5.41) is 3.73. The van der Waals surface area contributed by atoms with Crippen molar-refractivity contribution in [1.29, 1.82) is 0 Å². The minimum Gasteiger partial charge on any atom is -0.315 e. The van der Waals surface area contributed by atoms with Gasteiger partial charge in [-0.25, -0.2) is 0 Å². The number of likely N-dealkylation sites (tertiary alicyclic amines) is 1. The van der Waals surface area contributed by atoms with E-state index in [1.165, 1.54) is 90.4 Å². The summed E-state index contributed by atoms with van der Waals surface area (Å²) in [5.74, 6) is 2.03. The number of rotatable bonds is 5. The van der Waals surface area contributed by atoms with Crippen molar-refractivity contribution >= 4 is 0 Å². The topological polar surface area (TPSA) is 15.3 Å². The Hall–Kier alpha value is -0.0800. The van der Waals surface area contributed by atoms with E-state index < -0.39 is 0 Å². The van der Waals surface area contributed by atoms with E-state index in [1.807, 2.05) is 0 Å². The van der Waals surface area contributed by atoms with Gasteiger partial charge in [-0.05, 0) is 63.5 Å². The third-order valence-electron chi connectivity index (χ3n) is 5.84. The molecule has 2 atom stereocenters. The van der Waals surface area contributed by atoms with Crippen molar-refractivity contribution in [2.75, 3.05) is 26.2 Å². The minimum absolute atomic E-state index is 0.941. The van der Waals surface area contributed by atoms with Crippen LogP contribution >= 0.6 is 0 Å². The smallest absolute Gasteiger partial charge is 0.0124 e. The van der Waals surface area contributed by atoms with Crippen LogP contribution in [0.2, 0.25) is 0 Å². The first kappa shape index (κ1) is 13.9. The molecule has 3 aliphatic rings. The quantitative estimate of drug-likeness (QED) is 0.765. The van der Waals surface area contributed by atoms with E-state index in [9.17, 15) is 0 Å². The monoisotopic (exact) mass is 264 g/mol. The van der Waals surface area contributed by atoms with E-state index in [-0.39, 0.29) is 0 Å². The van der Waals surface area contributed by atoms with Crippen molar-refractivity contribution in [3.8, 4) is 0 Å². The van der Waals surface area contributed by atoms with Crippen molar-refractivity contribution < 1.29 is 0 Å². The molecule has 3 rings (SSSR count). The van der Waals surface area contributed by atoms with Crippen LogP contribution in [0.5, 0.6) is 0 Å². The Balaban J connectivity index is 1.36. The molecule has 2 heteroatoms. The number of hydrogen-bond acceptors (Lipinski definition) is 2. The first-order chi connectivity index (χ1) is 9.43. The van der Waals surface area contributed by atoms with Gasteiger partial charge in [0.2, 0.25) is 0 Å². The number of piperidine rings is 1. The first-order valence-corrected chi connectivity index (χ1v) is 8.88. The van der Waals surface area contributed by atoms with Crippen LogP contribution in [0.15, 0.2) is 0 Å². The molecule has 1 saturated heterocycles. The fraction of sp³-hybridized carbons (Fsp3) is 1.00. The Morgan fingerprint density at radius 1 is 0.842 bits per heavy atom. The van der Waals surface area contributed by atoms with Gasteiger partial charge in [0.1, 0.15) is 0 Å². The van der Waals surface area contributed by atoms with Crippen LogP contribution in [0.25, 0.3) is 0 Å². The van der Waals surface area contributed by atoms with E-state index in [2.05, 4.69) is 10.2 Å². The van der Waals surface area contributed by atoms with Gasteiger partial charge in [0.25, 0.3) is 0 Å². The third kappa shape index (κ3) is 3.72. The van der Waals surface area contributed by atoms with Gasteiger partial charge in [0.15, 0.2) is 0 Å². The molecule has 0 bridgehead atoms. The summed E-state index contributed by atoms with van der Waals surface area (Å²) < 4.78 is 0. The molecule has 1 aliphatic heterocycles. The number of nitrogens with one attached hydrogen (secondary N) is 1. The third-order valence-corrected chi connectivity index (χ3v) is 5.84. The van der Waals surface area contributed by atoms with Crippen LogP contribution in [-0.2, 0) is 0 Å². The van der Waals surface area contributed by atoms with Gasteiger partial charge in [0.05, 0.1) is 0 Å². The SMILES string of the molecule is C1CCC(CNCCN2CCCC3CCCCC32)C1. The predicted molar refractivity (Wildman–Crippen MR) is 81.4 cm³/mol. The second-order valence-corrected chi connectivity index (χ2v) is 7.14. The molecule has 0 radical (unpaired) electrons. The molecular weight excluding hydrogens is 232 g/mol. The molecule has 0 amide bonds. The zero-order valence-electron chi connectivity index (χ0n) is 12.6. The highest BCUT2D eigenvalue weighted by Crippen LogP contribution is 2.34. The summed E-state index contributed by atoms with van der Waals surface area (Å²) in [6.07, 6.45) is 14.8. The molecule has 0 aromatic heterocycles. The van der Waals surface area contributed by atoms with Crippen LogP contribution < -0.4 is 5.32 Å². The molecule has 3 fully saturated rings. The van der Waals surface area contributed by atoms with Crippen molar-refractivity contribution in [3.05, 3.63) is 0 Å². The summed E-state index contributed by atoms with van der Waals surface area (Å²) in [6.45, 7) is 5.17. The average Bonchev–Trinajstić information content (AvgIpc) is 2.97. The molecule has 2 unspecified atom stereocenters. The molecule has 0 aromatic rings. The van der Waals surface area contributed by atoms with E-state index in [1.54, 1.807) is 0 Å². The lowest BCUT2D eigenvalue weighted by atomic mass is 9.78. The number of hydrogen-bond donors (Lipinski definition) is 1. The van der Waals surface area contributed by atoms with Gasteiger partial charge >= 0.3 is 0 Å². The molecule has 2 nitrogen and oxygen atoms in total. The van der Waals surface area contributed by atoms with Gasteiger partial charge in [0, 0.05) is 19.1 Å². The lowest BCUT2D eigenvalue weighted by molar-refractivity contribution is 0.0617. The zero-order valence-corrected chi connectivity index (χ0v) is 12.6. The highest BCUT2D eigenvalue weighted by Gasteiger charge is 2.32. The van der Waals surface area contributed by atoms with Gasteiger partial charge in [-0.3, -0.25) is 4.90 Å². The van der Waals surface area contributed by atoms with Gasteiger partial charge in [-0.15, -0.1) is 0 Å². The molecule has 0 aromatic carbocycles. The Morgan fingerprint density at radius 2 is 1.58 bits per heavy atom. The Labute approximate surface area is 119 Å². The molecule has 19 heavy (non-hydrogen) atoms. The predicted octanol–water partition coefficient (Wildman–Crippen LogP) is 3.42. The number of nitrogens with zero attached hydrogens (tertiary/aromatic N) is 1. The van der Waals surface area contributed by atoms with Crippen LogP contribution in [0.1, 0.15) is 64.2 Å². The first-order valence-electron chi connectivity index (χ1n) is 8.88. The van der Waals surface area contributed by atoms with E-state index in [0.29, 0.717) is 0 Å². The summed E-state index contributed by atoms with van der Waals surface area (Å²) in [4.78, 5) is 2.81. The zero-order chi connectivity index (χ0) is 12.9. The molecule has 1 heterocycles. The molecular formula is C17H32N2. The highest BCUT2D eigenvalue weighted by molar-refractivity contribution is 4.87. The van der Waals surface area contributed by atoms with E-state index in [0.717, 1.165) is 17.9 Å². The van der Waals surface area contributed by atoms with Crippen LogP contribution in [0.3, 0.4) is 0 Å². The van der Waals surface area contributed by atoms with E-state index >= 15 is 0 Å². The van der Waals surface area contributed by atoms with Crippen molar-refractivity contribution in [2.45, 2.75) is 70.3 Å². The summed E-state index contributed by atoms with van der Waals surface area (Å²) in [6, 6.07) is 0.941. The van der Waals surface area contributed by atoms with Crippen molar-refractivity contribution in [2.24, 2.45) is 11.8 Å². The minimum atomic E-state index is 0.941. The molecule has 1 N–H and O–H groups in total. The Morgan fingerprint density at radius 3 is 2.47 bits per heavy atom. The number of fused-ring (bicyclic) bond motifs is 1. The second-order valence-electron chi connectivity index (χ2n) is 7.14. The summed E-state index contributed by atoms with van der Waals surface area (Å²) in [7, 11) is 0. The van der Waals surface area contributed by atoms with Crippen LogP contribution in [0.4, 0.5) is 0 Å². The molecule has 110 valence electrons.